The highest BCUT2D eigenvalue weighted by Crippen LogP contribution is 2.14. The number of aryl methyl sites for hydroxylation is 2. The second-order valence-corrected chi connectivity index (χ2v) is 5.26. The molecule has 0 saturated carbocycles. The quantitative estimate of drug-likeness (QED) is 0.700. The Hall–Kier alpha value is -1.88. The number of nitrogens with one attached hydrogen (secondary N) is 2. The van der Waals surface area contributed by atoms with Crippen LogP contribution in [0, 0.1) is 19.8 Å². The van der Waals surface area contributed by atoms with Crippen molar-refractivity contribution in [2.24, 2.45) is 5.92 Å². The summed E-state index contributed by atoms with van der Waals surface area (Å²) in [6.45, 7) is 4.82. The second kappa shape index (κ2) is 6.05. The van der Waals surface area contributed by atoms with Gasteiger partial charge in [0.15, 0.2) is 0 Å². The van der Waals surface area contributed by atoms with Crippen molar-refractivity contribution in [1.29, 1.82) is 0 Å². The van der Waals surface area contributed by atoms with E-state index in [1.54, 1.807) is 0 Å². The van der Waals surface area contributed by atoms with Crippen molar-refractivity contribution in [3.8, 4) is 0 Å². The van der Waals surface area contributed by atoms with Crippen LogP contribution in [0.2, 0.25) is 0 Å². The van der Waals surface area contributed by atoms with Crippen molar-refractivity contribution in [2.45, 2.75) is 32.9 Å². The highest BCUT2D eigenvalue weighted by molar-refractivity contribution is 6.01. The molecule has 5 nitrogen and oxygen atoms in total. The lowest BCUT2D eigenvalue weighted by molar-refractivity contribution is -0.142. The van der Waals surface area contributed by atoms with Crippen LogP contribution in [0.25, 0.3) is 0 Å². The standard InChI is InChI=1S/C15H20N2O3/c1-9-3-4-11(7-10(9)2)8-17-15(20)13-12(18)5-6-16-14(13)19/h3-4,7,12-13,18H,5-6,8H2,1-2H3,(H,16,19)(H,17,20). The molecule has 0 aromatic heterocycles. The van der Waals surface area contributed by atoms with Crippen LogP contribution < -0.4 is 10.6 Å². The molecule has 1 aromatic carbocycles. The van der Waals surface area contributed by atoms with Crippen LogP contribution in [-0.4, -0.2) is 29.6 Å². The van der Waals surface area contributed by atoms with Crippen LogP contribution in [0.15, 0.2) is 18.2 Å². The minimum Gasteiger partial charge on any atom is -0.392 e. The second-order valence-electron chi connectivity index (χ2n) is 5.26. The molecule has 2 rings (SSSR count). The molecule has 1 fully saturated rings. The lowest BCUT2D eigenvalue weighted by Gasteiger charge is -2.26. The third-order valence-corrected chi connectivity index (χ3v) is 3.73. The molecule has 108 valence electrons. The minimum absolute atomic E-state index is 0.358. The SMILES string of the molecule is Cc1ccc(CNC(=O)C2C(=O)NCCC2O)cc1C. The predicted molar refractivity (Wildman–Crippen MR) is 74.9 cm³/mol. The number of carbonyl (C=O) groups is 2. The van der Waals surface area contributed by atoms with Gasteiger partial charge in [0.25, 0.3) is 0 Å². The zero-order valence-electron chi connectivity index (χ0n) is 11.8. The Morgan fingerprint density at radius 3 is 2.80 bits per heavy atom. The number of hydrogen-bond donors (Lipinski definition) is 3. The van der Waals surface area contributed by atoms with E-state index >= 15 is 0 Å². The first-order valence-electron chi connectivity index (χ1n) is 6.78. The summed E-state index contributed by atoms with van der Waals surface area (Å²) >= 11 is 0. The van der Waals surface area contributed by atoms with Crippen LogP contribution >= 0.6 is 0 Å². The van der Waals surface area contributed by atoms with Gasteiger partial charge in [0.05, 0.1) is 6.10 Å². The first-order valence-corrected chi connectivity index (χ1v) is 6.78. The molecule has 1 heterocycles. The van der Waals surface area contributed by atoms with Crippen LogP contribution in [0.3, 0.4) is 0 Å². The molecule has 2 atom stereocenters. The van der Waals surface area contributed by atoms with E-state index in [1.165, 1.54) is 5.56 Å². The number of hydrogen-bond acceptors (Lipinski definition) is 3. The molecule has 1 aliphatic heterocycles. The number of carbonyl (C=O) groups excluding carboxylic acids is 2. The number of aliphatic hydroxyl groups excluding tert-OH is 1. The number of amides is 2. The minimum atomic E-state index is -1.00. The van der Waals surface area contributed by atoms with E-state index in [4.69, 9.17) is 0 Å². The van der Waals surface area contributed by atoms with Gasteiger partial charge < -0.3 is 15.7 Å². The van der Waals surface area contributed by atoms with E-state index in [0.717, 1.165) is 11.1 Å². The maximum atomic E-state index is 12.0. The number of piperidine rings is 1. The van der Waals surface area contributed by atoms with Crippen LogP contribution in [0.1, 0.15) is 23.1 Å². The molecule has 3 N–H and O–H groups in total. The summed E-state index contributed by atoms with van der Waals surface area (Å²) in [4.78, 5) is 23.6. The Morgan fingerprint density at radius 2 is 2.15 bits per heavy atom. The van der Waals surface area contributed by atoms with Gasteiger partial charge in [-0.1, -0.05) is 18.2 Å². The van der Waals surface area contributed by atoms with Gasteiger partial charge >= 0.3 is 0 Å². The maximum Gasteiger partial charge on any atom is 0.235 e. The summed E-state index contributed by atoms with van der Waals surface area (Å²) in [5.74, 6) is -1.83. The van der Waals surface area contributed by atoms with Gasteiger partial charge in [-0.05, 0) is 37.0 Å². The van der Waals surface area contributed by atoms with E-state index in [1.807, 2.05) is 32.0 Å². The Balaban J connectivity index is 1.97. The summed E-state index contributed by atoms with van der Waals surface area (Å²) in [5.41, 5.74) is 3.33. The molecule has 5 heteroatoms. The number of rotatable bonds is 3. The summed E-state index contributed by atoms with van der Waals surface area (Å²) < 4.78 is 0. The Morgan fingerprint density at radius 1 is 1.40 bits per heavy atom. The Kier molecular flexibility index (Phi) is 4.39. The van der Waals surface area contributed by atoms with Gasteiger partial charge in [-0.15, -0.1) is 0 Å². The molecule has 1 aliphatic rings. The third kappa shape index (κ3) is 3.17. The molecular formula is C15H20N2O3. The summed E-state index contributed by atoms with van der Waals surface area (Å²) in [5, 5.41) is 15.1. The lowest BCUT2D eigenvalue weighted by atomic mass is 9.94. The molecular weight excluding hydrogens is 256 g/mol. The summed E-state index contributed by atoms with van der Waals surface area (Å²) in [7, 11) is 0. The molecule has 0 aliphatic carbocycles. The largest absolute Gasteiger partial charge is 0.392 e. The molecule has 1 saturated heterocycles. The van der Waals surface area contributed by atoms with Crippen LogP contribution in [0.4, 0.5) is 0 Å². The predicted octanol–water partition coefficient (Wildman–Crippen LogP) is 0.417. The van der Waals surface area contributed by atoms with E-state index in [9.17, 15) is 14.7 Å². The smallest absolute Gasteiger partial charge is 0.235 e. The monoisotopic (exact) mass is 276 g/mol. The van der Waals surface area contributed by atoms with Gasteiger partial charge in [0.2, 0.25) is 11.8 Å². The van der Waals surface area contributed by atoms with Crippen molar-refractivity contribution in [3.63, 3.8) is 0 Å². The molecule has 20 heavy (non-hydrogen) atoms. The first-order chi connectivity index (χ1) is 9.49. The van der Waals surface area contributed by atoms with Crippen molar-refractivity contribution < 1.29 is 14.7 Å². The number of aliphatic hydroxyl groups is 1. The van der Waals surface area contributed by atoms with Crippen LogP contribution in [-0.2, 0) is 16.1 Å². The van der Waals surface area contributed by atoms with Crippen molar-refractivity contribution in [2.75, 3.05) is 6.54 Å². The molecule has 2 amide bonds. The lowest BCUT2D eigenvalue weighted by Crippen LogP contribution is -2.51. The molecule has 2 unspecified atom stereocenters. The van der Waals surface area contributed by atoms with Gasteiger partial charge in [-0.3, -0.25) is 9.59 Å². The van der Waals surface area contributed by atoms with E-state index in [-0.39, 0.29) is 0 Å². The fourth-order valence-electron chi connectivity index (χ4n) is 2.30. The average Bonchev–Trinajstić information content (AvgIpc) is 2.40. The van der Waals surface area contributed by atoms with Crippen molar-refractivity contribution >= 4 is 11.8 Å². The number of benzene rings is 1. The normalized spacial score (nSPS) is 22.2. The van der Waals surface area contributed by atoms with E-state index < -0.39 is 23.8 Å². The zero-order valence-corrected chi connectivity index (χ0v) is 11.8. The molecule has 0 spiro atoms. The average molecular weight is 276 g/mol. The Bertz CT molecular complexity index is 528. The topological polar surface area (TPSA) is 78.4 Å². The van der Waals surface area contributed by atoms with Gasteiger partial charge in [0.1, 0.15) is 5.92 Å². The van der Waals surface area contributed by atoms with E-state index in [2.05, 4.69) is 10.6 Å². The van der Waals surface area contributed by atoms with Crippen molar-refractivity contribution in [1.82, 2.24) is 10.6 Å². The molecule has 1 aromatic rings. The summed E-state index contributed by atoms with van der Waals surface area (Å²) in [6, 6.07) is 5.95. The highest BCUT2D eigenvalue weighted by atomic mass is 16.3. The Labute approximate surface area is 118 Å². The first kappa shape index (κ1) is 14.5. The van der Waals surface area contributed by atoms with E-state index in [0.29, 0.717) is 19.5 Å². The van der Waals surface area contributed by atoms with Gasteiger partial charge in [-0.2, -0.15) is 0 Å². The fraction of sp³-hybridized carbons (Fsp3) is 0.467. The van der Waals surface area contributed by atoms with Gasteiger partial charge in [-0.25, -0.2) is 0 Å². The van der Waals surface area contributed by atoms with Crippen molar-refractivity contribution in [3.05, 3.63) is 34.9 Å². The highest BCUT2D eigenvalue weighted by Gasteiger charge is 2.36. The van der Waals surface area contributed by atoms with Crippen LogP contribution in [0.5, 0.6) is 0 Å². The fourth-order valence-corrected chi connectivity index (χ4v) is 2.30. The summed E-state index contributed by atoms with van der Waals surface area (Å²) in [6.07, 6.45) is -0.489. The van der Waals surface area contributed by atoms with Gasteiger partial charge in [0, 0.05) is 13.1 Å². The third-order valence-electron chi connectivity index (χ3n) is 3.73. The maximum absolute atomic E-state index is 12.0. The molecule has 0 bridgehead atoms. The zero-order chi connectivity index (χ0) is 14.7. The molecule has 0 radical (unpaired) electrons.